The summed E-state index contributed by atoms with van der Waals surface area (Å²) in [5.74, 6) is 2.85. The summed E-state index contributed by atoms with van der Waals surface area (Å²) in [6.45, 7) is 7.42. The molecule has 0 aliphatic carbocycles. The predicted octanol–water partition coefficient (Wildman–Crippen LogP) is 4.39. The predicted molar refractivity (Wildman–Crippen MR) is 125 cm³/mol. The molecule has 7 nitrogen and oxygen atoms in total. The molecule has 32 heavy (non-hydrogen) atoms. The van der Waals surface area contributed by atoms with Crippen LogP contribution in [0.5, 0.6) is 11.5 Å². The van der Waals surface area contributed by atoms with Crippen LogP contribution in [0.1, 0.15) is 30.0 Å². The second kappa shape index (κ2) is 11.4. The first kappa shape index (κ1) is 22.6. The first-order valence-corrected chi connectivity index (χ1v) is 12.1. The van der Waals surface area contributed by atoms with Crippen molar-refractivity contribution in [3.05, 3.63) is 60.0 Å². The number of phenols is 1. The highest BCUT2D eigenvalue weighted by Crippen LogP contribution is 2.39. The van der Waals surface area contributed by atoms with Crippen LogP contribution in [-0.2, 0) is 4.74 Å². The highest BCUT2D eigenvalue weighted by Gasteiger charge is 2.24. The van der Waals surface area contributed by atoms with Gasteiger partial charge in [0.05, 0.1) is 19.8 Å². The van der Waals surface area contributed by atoms with Gasteiger partial charge in [-0.05, 0) is 42.5 Å². The van der Waals surface area contributed by atoms with Crippen LogP contribution in [0.2, 0.25) is 0 Å². The monoisotopic (exact) mass is 455 g/mol. The maximum absolute atomic E-state index is 10.3. The summed E-state index contributed by atoms with van der Waals surface area (Å²) >= 11 is 1.64. The molecule has 1 saturated heterocycles. The molecule has 1 aromatic heterocycles. The number of benzene rings is 2. The zero-order valence-corrected chi connectivity index (χ0v) is 19.1. The molecule has 0 saturated carbocycles. The minimum absolute atomic E-state index is 0.212. The first-order valence-electron chi connectivity index (χ1n) is 11.0. The first-order chi connectivity index (χ1) is 15.7. The van der Waals surface area contributed by atoms with E-state index in [2.05, 4.69) is 22.0 Å². The van der Waals surface area contributed by atoms with Crippen LogP contribution in [0.15, 0.2) is 52.9 Å². The molecule has 2 heterocycles. The SMILES string of the molecule is CCSC(c1nnc(-c2ccc(OCCCN3CCOCC3)cc2)o1)c1ccccc1O. The molecule has 4 rings (SSSR count). The smallest absolute Gasteiger partial charge is 0.247 e. The molecule has 0 bridgehead atoms. The van der Waals surface area contributed by atoms with Gasteiger partial charge in [-0.15, -0.1) is 22.0 Å². The lowest BCUT2D eigenvalue weighted by molar-refractivity contribution is 0.0358. The van der Waals surface area contributed by atoms with Gasteiger partial charge in [-0.1, -0.05) is 25.1 Å². The maximum Gasteiger partial charge on any atom is 0.247 e. The number of rotatable bonds is 10. The van der Waals surface area contributed by atoms with E-state index in [0.29, 0.717) is 18.4 Å². The Morgan fingerprint density at radius 1 is 1.09 bits per heavy atom. The normalized spacial score (nSPS) is 15.5. The lowest BCUT2D eigenvalue weighted by atomic mass is 10.1. The van der Waals surface area contributed by atoms with Crippen LogP contribution >= 0.6 is 11.8 Å². The third-order valence-corrected chi connectivity index (χ3v) is 6.43. The Morgan fingerprint density at radius 2 is 1.88 bits per heavy atom. The summed E-state index contributed by atoms with van der Waals surface area (Å²) in [7, 11) is 0. The molecule has 2 aromatic carbocycles. The van der Waals surface area contributed by atoms with Crippen molar-refractivity contribution >= 4 is 11.8 Å². The number of ether oxygens (including phenoxy) is 2. The third-order valence-electron chi connectivity index (χ3n) is 5.31. The molecule has 3 aromatic rings. The molecule has 1 N–H and O–H groups in total. The Bertz CT molecular complexity index is 973. The molecular formula is C24H29N3O4S. The number of phenolic OH excluding ortho intramolecular Hbond substituents is 1. The van der Waals surface area contributed by atoms with E-state index in [9.17, 15) is 5.11 Å². The van der Waals surface area contributed by atoms with Gasteiger partial charge >= 0.3 is 0 Å². The van der Waals surface area contributed by atoms with E-state index >= 15 is 0 Å². The van der Waals surface area contributed by atoms with Crippen LogP contribution < -0.4 is 4.74 Å². The Morgan fingerprint density at radius 3 is 2.62 bits per heavy atom. The number of hydrogen-bond acceptors (Lipinski definition) is 8. The summed E-state index contributed by atoms with van der Waals surface area (Å²) < 4.78 is 17.2. The standard InChI is InChI=1S/C24H29N3O4S/c1-2-32-22(20-6-3-4-7-21(20)28)24-26-25-23(31-24)18-8-10-19(11-9-18)30-15-5-12-27-13-16-29-17-14-27/h3-4,6-11,22,28H,2,5,12-17H2,1H3. The minimum atomic E-state index is -0.212. The molecule has 1 fully saturated rings. The van der Waals surface area contributed by atoms with Crippen LogP contribution in [0.25, 0.3) is 11.5 Å². The fraction of sp³-hybridized carbons (Fsp3) is 0.417. The molecule has 1 unspecified atom stereocenters. The van der Waals surface area contributed by atoms with E-state index in [4.69, 9.17) is 13.9 Å². The van der Waals surface area contributed by atoms with Gasteiger partial charge in [-0.2, -0.15) is 0 Å². The van der Waals surface area contributed by atoms with Crippen molar-refractivity contribution in [3.63, 3.8) is 0 Å². The number of thioether (sulfide) groups is 1. The summed E-state index contributed by atoms with van der Waals surface area (Å²) in [6, 6.07) is 15.0. The van der Waals surface area contributed by atoms with E-state index in [-0.39, 0.29) is 11.0 Å². The highest BCUT2D eigenvalue weighted by molar-refractivity contribution is 7.99. The average molecular weight is 456 g/mol. The van der Waals surface area contributed by atoms with Crippen molar-refractivity contribution in [2.75, 3.05) is 45.2 Å². The van der Waals surface area contributed by atoms with E-state index in [1.165, 1.54) is 0 Å². The number of morpholine rings is 1. The Labute approximate surface area is 192 Å². The van der Waals surface area contributed by atoms with Gasteiger partial charge in [0.25, 0.3) is 0 Å². The second-order valence-electron chi connectivity index (χ2n) is 7.52. The average Bonchev–Trinajstić information content (AvgIpc) is 3.32. The van der Waals surface area contributed by atoms with Crippen molar-refractivity contribution in [3.8, 4) is 23.0 Å². The summed E-state index contributed by atoms with van der Waals surface area (Å²) in [5, 5.41) is 18.5. The van der Waals surface area contributed by atoms with Crippen LogP contribution in [0.4, 0.5) is 0 Å². The molecular weight excluding hydrogens is 426 g/mol. The van der Waals surface area contributed by atoms with Crippen molar-refractivity contribution in [1.29, 1.82) is 0 Å². The van der Waals surface area contributed by atoms with Crippen molar-refractivity contribution in [1.82, 2.24) is 15.1 Å². The zero-order chi connectivity index (χ0) is 22.2. The van der Waals surface area contributed by atoms with Crippen LogP contribution in [0, 0.1) is 0 Å². The van der Waals surface area contributed by atoms with Gasteiger partial charge in [-0.25, -0.2) is 0 Å². The fourth-order valence-electron chi connectivity index (χ4n) is 3.62. The molecule has 0 amide bonds. The maximum atomic E-state index is 10.3. The van der Waals surface area contributed by atoms with Gasteiger partial charge in [0.2, 0.25) is 11.8 Å². The minimum Gasteiger partial charge on any atom is -0.508 e. The second-order valence-corrected chi connectivity index (χ2v) is 8.90. The van der Waals surface area contributed by atoms with Gasteiger partial charge in [0.15, 0.2) is 0 Å². The van der Waals surface area contributed by atoms with Crippen molar-refractivity contribution in [2.45, 2.75) is 18.6 Å². The molecule has 1 aliphatic heterocycles. The van der Waals surface area contributed by atoms with Gasteiger partial charge in [-0.3, -0.25) is 4.90 Å². The van der Waals surface area contributed by atoms with Crippen molar-refractivity contribution in [2.24, 2.45) is 0 Å². The van der Waals surface area contributed by atoms with E-state index in [0.717, 1.165) is 61.9 Å². The molecule has 0 spiro atoms. The zero-order valence-electron chi connectivity index (χ0n) is 18.3. The fourth-order valence-corrected chi connectivity index (χ4v) is 4.57. The Kier molecular flexibility index (Phi) is 8.03. The lowest BCUT2D eigenvalue weighted by Crippen LogP contribution is -2.37. The Balaban J connectivity index is 1.35. The summed E-state index contributed by atoms with van der Waals surface area (Å²) in [4.78, 5) is 2.41. The van der Waals surface area contributed by atoms with Crippen LogP contribution in [-0.4, -0.2) is 65.4 Å². The number of nitrogens with zero attached hydrogens (tertiary/aromatic N) is 3. The number of aromatic hydroxyl groups is 1. The molecule has 1 aliphatic rings. The molecule has 170 valence electrons. The highest BCUT2D eigenvalue weighted by atomic mass is 32.2. The number of para-hydroxylation sites is 1. The van der Waals surface area contributed by atoms with E-state index in [1.54, 1.807) is 23.9 Å². The van der Waals surface area contributed by atoms with Gasteiger partial charge in [0.1, 0.15) is 16.7 Å². The Hall–Kier alpha value is -2.55. The topological polar surface area (TPSA) is 80.9 Å². The van der Waals surface area contributed by atoms with E-state index < -0.39 is 0 Å². The lowest BCUT2D eigenvalue weighted by Gasteiger charge is -2.26. The quantitative estimate of drug-likeness (QED) is 0.451. The third kappa shape index (κ3) is 5.82. The number of aromatic nitrogens is 2. The van der Waals surface area contributed by atoms with Crippen molar-refractivity contribution < 1.29 is 19.0 Å². The van der Waals surface area contributed by atoms with E-state index in [1.807, 2.05) is 36.4 Å². The van der Waals surface area contributed by atoms with Gasteiger partial charge in [0, 0.05) is 30.8 Å². The summed E-state index contributed by atoms with van der Waals surface area (Å²) in [5.41, 5.74) is 1.61. The summed E-state index contributed by atoms with van der Waals surface area (Å²) in [6.07, 6.45) is 0.984. The molecule has 1 atom stereocenters. The molecule has 8 heteroatoms. The molecule has 0 radical (unpaired) electrons. The number of hydrogen-bond donors (Lipinski definition) is 1. The largest absolute Gasteiger partial charge is 0.508 e. The van der Waals surface area contributed by atoms with Gasteiger partial charge < -0.3 is 19.0 Å². The van der Waals surface area contributed by atoms with Crippen LogP contribution in [0.3, 0.4) is 0 Å².